The first-order chi connectivity index (χ1) is 16.1. The Labute approximate surface area is 194 Å². The number of anilines is 2. The van der Waals surface area contributed by atoms with Crippen LogP contribution in [0.3, 0.4) is 0 Å². The van der Waals surface area contributed by atoms with E-state index in [0.29, 0.717) is 11.7 Å². The predicted octanol–water partition coefficient (Wildman–Crippen LogP) is 4.73. The van der Waals surface area contributed by atoms with Crippen LogP contribution in [-0.2, 0) is 16.6 Å². The van der Waals surface area contributed by atoms with Crippen LogP contribution in [0.5, 0.6) is 0 Å². The molecule has 1 fully saturated rings. The molecule has 1 aliphatic heterocycles. The van der Waals surface area contributed by atoms with Crippen molar-refractivity contribution in [2.45, 2.75) is 30.3 Å². The van der Waals surface area contributed by atoms with E-state index in [1.165, 1.54) is 16.6 Å². The lowest BCUT2D eigenvalue weighted by atomic mass is 10.0. The van der Waals surface area contributed by atoms with Gasteiger partial charge >= 0.3 is 0 Å². The molecule has 0 saturated carbocycles. The van der Waals surface area contributed by atoms with Gasteiger partial charge in [0.15, 0.2) is 0 Å². The third kappa shape index (κ3) is 5.05. The lowest BCUT2D eigenvalue weighted by Gasteiger charge is -2.34. The van der Waals surface area contributed by atoms with E-state index in [1.54, 1.807) is 30.3 Å². The van der Waals surface area contributed by atoms with Gasteiger partial charge in [0.2, 0.25) is 0 Å². The Hall–Kier alpha value is -3.29. The second-order valence-corrected chi connectivity index (χ2v) is 10.2. The zero-order valence-electron chi connectivity index (χ0n) is 18.4. The molecule has 33 heavy (non-hydrogen) atoms. The van der Waals surface area contributed by atoms with E-state index in [9.17, 15) is 8.42 Å². The number of hydrogen-bond acceptors (Lipinski definition) is 4. The van der Waals surface area contributed by atoms with E-state index in [-0.39, 0.29) is 4.90 Å². The van der Waals surface area contributed by atoms with Gasteiger partial charge in [-0.05, 0) is 66.8 Å². The van der Waals surface area contributed by atoms with Gasteiger partial charge < -0.3 is 15.2 Å². The van der Waals surface area contributed by atoms with Gasteiger partial charge in [-0.15, -0.1) is 0 Å². The first-order valence-corrected chi connectivity index (χ1v) is 12.8. The molecule has 6 nitrogen and oxygen atoms in total. The average Bonchev–Trinajstić information content (AvgIpc) is 3.27. The fraction of sp³-hybridized carbons (Fsp3) is 0.231. The van der Waals surface area contributed by atoms with Crippen LogP contribution < -0.4 is 14.9 Å². The van der Waals surface area contributed by atoms with Crippen LogP contribution in [0, 0.1) is 0 Å². The molecule has 2 heterocycles. The number of nitrogens with one attached hydrogen (secondary N) is 3. The number of H-pyrrole nitrogens is 1. The van der Waals surface area contributed by atoms with Crippen LogP contribution in [0.4, 0.5) is 11.4 Å². The van der Waals surface area contributed by atoms with E-state index in [2.05, 4.69) is 50.3 Å². The van der Waals surface area contributed by atoms with Gasteiger partial charge in [-0.3, -0.25) is 4.72 Å². The lowest BCUT2D eigenvalue weighted by Crippen LogP contribution is -2.42. The highest BCUT2D eigenvalue weighted by Gasteiger charge is 2.20. The van der Waals surface area contributed by atoms with Crippen LogP contribution in [0.2, 0.25) is 0 Å². The van der Waals surface area contributed by atoms with Crippen LogP contribution in [0.25, 0.3) is 10.9 Å². The molecule has 5 rings (SSSR count). The van der Waals surface area contributed by atoms with Crippen molar-refractivity contribution in [1.82, 2.24) is 10.3 Å². The average molecular weight is 461 g/mol. The second kappa shape index (κ2) is 9.29. The standard InChI is InChI=1S/C26H28N4O2S/c31-33(32,25-7-2-1-3-8-25)29-22-10-12-24(13-11-22)30-16-14-21(15-17-30)27-19-23-18-20-6-4-5-9-26(20)28-23/h1-13,18,21,27-29H,14-17,19H2. The summed E-state index contributed by atoms with van der Waals surface area (Å²) in [6.45, 7) is 2.79. The Morgan fingerprint density at radius 3 is 2.30 bits per heavy atom. The maximum atomic E-state index is 12.5. The normalized spacial score (nSPS) is 15.1. The van der Waals surface area contributed by atoms with Crippen molar-refractivity contribution in [2.75, 3.05) is 22.7 Å². The minimum Gasteiger partial charge on any atom is -0.371 e. The van der Waals surface area contributed by atoms with Crippen molar-refractivity contribution in [2.24, 2.45) is 0 Å². The molecule has 0 unspecified atom stereocenters. The predicted molar refractivity (Wildman–Crippen MR) is 134 cm³/mol. The number of benzene rings is 3. The number of sulfonamides is 1. The molecule has 4 aromatic rings. The van der Waals surface area contributed by atoms with Gasteiger partial charge in [-0.1, -0.05) is 36.4 Å². The van der Waals surface area contributed by atoms with Crippen LogP contribution >= 0.6 is 0 Å². The molecule has 170 valence electrons. The number of nitrogens with zero attached hydrogens (tertiary/aromatic N) is 1. The van der Waals surface area contributed by atoms with Gasteiger partial charge in [-0.25, -0.2) is 8.42 Å². The molecular weight excluding hydrogens is 432 g/mol. The van der Waals surface area contributed by atoms with Crippen LogP contribution in [0.15, 0.2) is 89.8 Å². The van der Waals surface area contributed by atoms with E-state index >= 15 is 0 Å². The highest BCUT2D eigenvalue weighted by atomic mass is 32.2. The number of aromatic amines is 1. The third-order valence-corrected chi connectivity index (χ3v) is 7.60. The SMILES string of the molecule is O=S(=O)(Nc1ccc(N2CCC(NCc3cc4ccccc4[nH]3)CC2)cc1)c1ccccc1. The summed E-state index contributed by atoms with van der Waals surface area (Å²) in [7, 11) is -3.57. The number of para-hydroxylation sites is 1. The molecule has 1 aromatic heterocycles. The minimum atomic E-state index is -3.57. The third-order valence-electron chi connectivity index (χ3n) is 6.20. The number of rotatable bonds is 7. The Morgan fingerprint density at radius 1 is 0.879 bits per heavy atom. The van der Waals surface area contributed by atoms with Gasteiger partial charge in [0, 0.05) is 48.3 Å². The van der Waals surface area contributed by atoms with Gasteiger partial charge in [0.25, 0.3) is 10.0 Å². The molecule has 0 amide bonds. The smallest absolute Gasteiger partial charge is 0.261 e. The summed E-state index contributed by atoms with van der Waals surface area (Å²) in [5.74, 6) is 0. The number of piperidine rings is 1. The van der Waals surface area contributed by atoms with E-state index in [4.69, 9.17) is 0 Å². The maximum Gasteiger partial charge on any atom is 0.261 e. The molecule has 3 N–H and O–H groups in total. The summed E-state index contributed by atoms with van der Waals surface area (Å²) in [5, 5.41) is 4.94. The molecule has 0 radical (unpaired) electrons. The molecule has 1 saturated heterocycles. The maximum absolute atomic E-state index is 12.5. The van der Waals surface area contributed by atoms with Crippen molar-refractivity contribution < 1.29 is 8.42 Å². The second-order valence-electron chi connectivity index (χ2n) is 8.49. The largest absolute Gasteiger partial charge is 0.371 e. The summed E-state index contributed by atoms with van der Waals surface area (Å²) in [6.07, 6.45) is 2.14. The Kier molecular flexibility index (Phi) is 6.07. The lowest BCUT2D eigenvalue weighted by molar-refractivity contribution is 0.412. The van der Waals surface area contributed by atoms with Crippen molar-refractivity contribution in [3.63, 3.8) is 0 Å². The van der Waals surface area contributed by atoms with Gasteiger partial charge in [0.1, 0.15) is 0 Å². The monoisotopic (exact) mass is 460 g/mol. The highest BCUT2D eigenvalue weighted by Crippen LogP contribution is 2.24. The molecule has 1 aliphatic rings. The number of fused-ring (bicyclic) bond motifs is 1. The Bertz CT molecular complexity index is 1280. The van der Waals surface area contributed by atoms with Crippen LogP contribution in [-0.4, -0.2) is 32.5 Å². The summed E-state index contributed by atoms with van der Waals surface area (Å²) < 4.78 is 27.7. The molecule has 0 aliphatic carbocycles. The first kappa shape index (κ1) is 21.6. The van der Waals surface area contributed by atoms with E-state index < -0.39 is 10.0 Å². The van der Waals surface area contributed by atoms with Crippen molar-refractivity contribution in [1.29, 1.82) is 0 Å². The van der Waals surface area contributed by atoms with Gasteiger partial charge in [-0.2, -0.15) is 0 Å². The molecule has 3 aromatic carbocycles. The zero-order valence-corrected chi connectivity index (χ0v) is 19.2. The van der Waals surface area contributed by atoms with Gasteiger partial charge in [0.05, 0.1) is 4.90 Å². The van der Waals surface area contributed by atoms with E-state index in [0.717, 1.165) is 38.2 Å². The van der Waals surface area contributed by atoms with E-state index in [1.807, 2.05) is 24.3 Å². The molecular formula is C26H28N4O2S. The summed E-state index contributed by atoms with van der Waals surface area (Å²) in [4.78, 5) is 6.10. The minimum absolute atomic E-state index is 0.260. The topological polar surface area (TPSA) is 77.2 Å². The fourth-order valence-corrected chi connectivity index (χ4v) is 5.46. The Morgan fingerprint density at radius 2 is 1.58 bits per heavy atom. The summed E-state index contributed by atoms with van der Waals surface area (Å²) in [6, 6.07) is 27.1. The molecule has 0 spiro atoms. The molecule has 0 atom stereocenters. The number of aromatic nitrogens is 1. The molecule has 0 bridgehead atoms. The van der Waals surface area contributed by atoms with Crippen LogP contribution in [0.1, 0.15) is 18.5 Å². The fourth-order valence-electron chi connectivity index (χ4n) is 4.38. The Balaban J connectivity index is 1.13. The first-order valence-electron chi connectivity index (χ1n) is 11.3. The number of hydrogen-bond donors (Lipinski definition) is 3. The summed E-state index contributed by atoms with van der Waals surface area (Å²) >= 11 is 0. The quantitative estimate of drug-likeness (QED) is 0.373. The van der Waals surface area contributed by atoms with Crippen molar-refractivity contribution in [3.8, 4) is 0 Å². The summed E-state index contributed by atoms with van der Waals surface area (Å²) in [5.41, 5.74) is 4.08. The van der Waals surface area contributed by atoms with Crippen molar-refractivity contribution >= 4 is 32.3 Å². The van der Waals surface area contributed by atoms with Crippen molar-refractivity contribution in [3.05, 3.63) is 90.6 Å². The zero-order chi connectivity index (χ0) is 22.7. The molecule has 7 heteroatoms. The highest BCUT2D eigenvalue weighted by molar-refractivity contribution is 7.92.